The summed E-state index contributed by atoms with van der Waals surface area (Å²) in [5.74, 6) is -1.17. The first kappa shape index (κ1) is 15.7. The molecule has 0 saturated carbocycles. The summed E-state index contributed by atoms with van der Waals surface area (Å²) in [5, 5.41) is 0. The van der Waals surface area contributed by atoms with Gasteiger partial charge in [-0.2, -0.15) is 13.2 Å². The number of nitrogens with two attached hydrogens (primary N) is 1. The molecule has 0 aromatic rings. The van der Waals surface area contributed by atoms with Crippen LogP contribution in [0.25, 0.3) is 0 Å². The van der Waals surface area contributed by atoms with Gasteiger partial charge in [0.05, 0.1) is 12.0 Å². The second kappa shape index (κ2) is 7.31. The standard InChI is InChI=1S/C12H23F3N2O/c1-2-18-11(8-16)5-7-17-6-3-4-10(9-17)12(13,14)15/h10-11H,2-9,16H2,1H3. The van der Waals surface area contributed by atoms with Gasteiger partial charge >= 0.3 is 6.18 Å². The summed E-state index contributed by atoms with van der Waals surface area (Å²) < 4.78 is 43.3. The van der Waals surface area contributed by atoms with Gasteiger partial charge in [0.1, 0.15) is 0 Å². The van der Waals surface area contributed by atoms with E-state index in [-0.39, 0.29) is 19.1 Å². The zero-order valence-corrected chi connectivity index (χ0v) is 10.9. The van der Waals surface area contributed by atoms with Crippen LogP contribution in [0.4, 0.5) is 13.2 Å². The Kier molecular flexibility index (Phi) is 6.38. The van der Waals surface area contributed by atoms with Gasteiger partial charge in [0.2, 0.25) is 0 Å². The molecule has 0 radical (unpaired) electrons. The van der Waals surface area contributed by atoms with Crippen LogP contribution in [0.1, 0.15) is 26.2 Å². The molecule has 1 saturated heterocycles. The van der Waals surface area contributed by atoms with Crippen LogP contribution in [-0.2, 0) is 4.74 Å². The largest absolute Gasteiger partial charge is 0.393 e. The molecule has 1 aliphatic heterocycles. The van der Waals surface area contributed by atoms with E-state index in [1.54, 1.807) is 0 Å². The van der Waals surface area contributed by atoms with Crippen molar-refractivity contribution in [2.75, 3.05) is 32.8 Å². The lowest BCUT2D eigenvalue weighted by Crippen LogP contribution is -2.43. The summed E-state index contributed by atoms with van der Waals surface area (Å²) in [4.78, 5) is 1.88. The van der Waals surface area contributed by atoms with E-state index in [0.29, 0.717) is 32.5 Å². The lowest BCUT2D eigenvalue weighted by Gasteiger charge is -2.34. The van der Waals surface area contributed by atoms with E-state index in [0.717, 1.165) is 6.54 Å². The Hall–Kier alpha value is -0.330. The summed E-state index contributed by atoms with van der Waals surface area (Å²) in [6.45, 7) is 4.40. The lowest BCUT2D eigenvalue weighted by molar-refractivity contribution is -0.186. The molecule has 18 heavy (non-hydrogen) atoms. The van der Waals surface area contributed by atoms with Gasteiger partial charge in [-0.25, -0.2) is 0 Å². The van der Waals surface area contributed by atoms with Crippen LogP contribution in [0.15, 0.2) is 0 Å². The molecular formula is C12H23F3N2O. The maximum absolute atomic E-state index is 12.6. The maximum atomic E-state index is 12.6. The molecule has 0 spiro atoms. The normalized spacial score (nSPS) is 24.2. The van der Waals surface area contributed by atoms with Crippen molar-refractivity contribution >= 4 is 0 Å². The monoisotopic (exact) mass is 268 g/mol. The first-order valence-corrected chi connectivity index (χ1v) is 6.58. The van der Waals surface area contributed by atoms with E-state index < -0.39 is 12.1 Å². The Morgan fingerprint density at radius 1 is 1.44 bits per heavy atom. The molecule has 1 aliphatic rings. The van der Waals surface area contributed by atoms with Gasteiger partial charge in [0.25, 0.3) is 0 Å². The van der Waals surface area contributed by atoms with Crippen molar-refractivity contribution in [3.8, 4) is 0 Å². The van der Waals surface area contributed by atoms with Crippen molar-refractivity contribution in [3.05, 3.63) is 0 Å². The van der Waals surface area contributed by atoms with Crippen LogP contribution in [-0.4, -0.2) is 50.0 Å². The fraction of sp³-hybridized carbons (Fsp3) is 1.00. The quantitative estimate of drug-likeness (QED) is 0.801. The SMILES string of the molecule is CCOC(CN)CCN1CCCC(C(F)(F)F)C1. The van der Waals surface area contributed by atoms with Crippen molar-refractivity contribution in [1.82, 2.24) is 4.90 Å². The fourth-order valence-corrected chi connectivity index (χ4v) is 2.36. The van der Waals surface area contributed by atoms with Crippen LogP contribution in [0.2, 0.25) is 0 Å². The van der Waals surface area contributed by atoms with Gasteiger partial charge in [-0.1, -0.05) is 0 Å². The molecule has 3 nitrogen and oxygen atoms in total. The minimum absolute atomic E-state index is 0.0405. The molecule has 2 N–H and O–H groups in total. The van der Waals surface area contributed by atoms with Crippen LogP contribution in [0.5, 0.6) is 0 Å². The van der Waals surface area contributed by atoms with E-state index in [1.807, 2.05) is 11.8 Å². The Labute approximate surface area is 106 Å². The fourth-order valence-electron chi connectivity index (χ4n) is 2.36. The van der Waals surface area contributed by atoms with Gasteiger partial charge in [-0.05, 0) is 32.7 Å². The Morgan fingerprint density at radius 2 is 2.17 bits per heavy atom. The number of hydrogen-bond donors (Lipinski definition) is 1. The summed E-state index contributed by atoms with van der Waals surface area (Å²) in [7, 11) is 0. The van der Waals surface area contributed by atoms with Gasteiger partial charge in [-0.15, -0.1) is 0 Å². The molecule has 1 fully saturated rings. The summed E-state index contributed by atoms with van der Waals surface area (Å²) in [5.41, 5.74) is 5.55. The van der Waals surface area contributed by atoms with Crippen LogP contribution >= 0.6 is 0 Å². The maximum Gasteiger partial charge on any atom is 0.393 e. The average molecular weight is 268 g/mol. The van der Waals surface area contributed by atoms with E-state index >= 15 is 0 Å². The smallest absolute Gasteiger partial charge is 0.377 e. The number of rotatable bonds is 6. The molecule has 2 atom stereocenters. The first-order valence-electron chi connectivity index (χ1n) is 6.58. The molecule has 2 unspecified atom stereocenters. The number of hydrogen-bond acceptors (Lipinski definition) is 3. The topological polar surface area (TPSA) is 38.5 Å². The van der Waals surface area contributed by atoms with E-state index in [9.17, 15) is 13.2 Å². The van der Waals surface area contributed by atoms with Crippen molar-refractivity contribution in [2.45, 2.75) is 38.5 Å². The molecule has 6 heteroatoms. The molecule has 0 aliphatic carbocycles. The second-order valence-corrected chi connectivity index (χ2v) is 4.78. The Bertz CT molecular complexity index is 236. The molecule has 0 aromatic carbocycles. The number of halogens is 3. The zero-order valence-electron chi connectivity index (χ0n) is 10.9. The highest BCUT2D eigenvalue weighted by atomic mass is 19.4. The second-order valence-electron chi connectivity index (χ2n) is 4.78. The minimum Gasteiger partial charge on any atom is -0.377 e. The van der Waals surface area contributed by atoms with Gasteiger partial charge < -0.3 is 15.4 Å². The van der Waals surface area contributed by atoms with Gasteiger partial charge in [-0.3, -0.25) is 0 Å². The number of likely N-dealkylation sites (tertiary alicyclic amines) is 1. The molecular weight excluding hydrogens is 245 g/mol. The predicted molar refractivity (Wildman–Crippen MR) is 64.3 cm³/mol. The number of piperidine rings is 1. The average Bonchev–Trinajstić information content (AvgIpc) is 2.34. The van der Waals surface area contributed by atoms with Crippen LogP contribution in [0.3, 0.4) is 0 Å². The van der Waals surface area contributed by atoms with E-state index in [4.69, 9.17) is 10.5 Å². The third-order valence-corrected chi connectivity index (χ3v) is 3.40. The zero-order chi connectivity index (χ0) is 13.6. The minimum atomic E-state index is -4.06. The van der Waals surface area contributed by atoms with Crippen LogP contribution < -0.4 is 5.73 Å². The highest BCUT2D eigenvalue weighted by molar-refractivity contribution is 4.78. The molecule has 0 bridgehead atoms. The predicted octanol–water partition coefficient (Wildman–Crippen LogP) is 2.01. The molecule has 108 valence electrons. The number of alkyl halides is 3. The van der Waals surface area contributed by atoms with Crippen molar-refractivity contribution in [2.24, 2.45) is 11.7 Å². The molecule has 1 heterocycles. The van der Waals surface area contributed by atoms with Gasteiger partial charge in [0.15, 0.2) is 0 Å². The number of ether oxygens (including phenoxy) is 1. The molecule has 1 rings (SSSR count). The van der Waals surface area contributed by atoms with Crippen molar-refractivity contribution in [1.29, 1.82) is 0 Å². The van der Waals surface area contributed by atoms with E-state index in [1.165, 1.54) is 0 Å². The molecule has 0 aromatic heterocycles. The van der Waals surface area contributed by atoms with Crippen molar-refractivity contribution in [3.63, 3.8) is 0 Å². The lowest BCUT2D eigenvalue weighted by atomic mass is 9.97. The highest BCUT2D eigenvalue weighted by Gasteiger charge is 2.41. The van der Waals surface area contributed by atoms with Crippen LogP contribution in [0, 0.1) is 5.92 Å². The van der Waals surface area contributed by atoms with Crippen molar-refractivity contribution < 1.29 is 17.9 Å². The summed E-state index contributed by atoms with van der Waals surface area (Å²) in [6.07, 6.45) is -2.53. The van der Waals surface area contributed by atoms with Gasteiger partial charge in [0, 0.05) is 26.2 Å². The highest BCUT2D eigenvalue weighted by Crippen LogP contribution is 2.33. The first-order chi connectivity index (χ1) is 8.47. The van der Waals surface area contributed by atoms with E-state index in [2.05, 4.69) is 0 Å². The third-order valence-electron chi connectivity index (χ3n) is 3.40. The number of nitrogens with zero attached hydrogens (tertiary/aromatic N) is 1. The Morgan fingerprint density at radius 3 is 2.72 bits per heavy atom. The summed E-state index contributed by atoms with van der Waals surface area (Å²) >= 11 is 0. The Balaban J connectivity index is 2.34. The summed E-state index contributed by atoms with van der Waals surface area (Å²) in [6, 6.07) is 0. The molecule has 0 amide bonds. The third kappa shape index (κ3) is 5.12.